The van der Waals surface area contributed by atoms with Crippen LogP contribution in [0.3, 0.4) is 0 Å². The molecule has 0 aromatic heterocycles. The minimum absolute atomic E-state index is 0.120. The monoisotopic (exact) mass is 227 g/mol. The molecule has 1 saturated heterocycles. The van der Waals surface area contributed by atoms with Crippen LogP contribution in [0.15, 0.2) is 0 Å². The highest BCUT2D eigenvalue weighted by Gasteiger charge is 2.27. The zero-order chi connectivity index (χ0) is 12.2. The van der Waals surface area contributed by atoms with Gasteiger partial charge in [-0.2, -0.15) is 0 Å². The second kappa shape index (κ2) is 5.64. The lowest BCUT2D eigenvalue weighted by Crippen LogP contribution is -2.42. The lowest BCUT2D eigenvalue weighted by molar-refractivity contribution is -0.125. The molecule has 1 fully saturated rings. The molecule has 1 atom stereocenters. The van der Waals surface area contributed by atoms with Gasteiger partial charge < -0.3 is 15.5 Å². The lowest BCUT2D eigenvalue weighted by Gasteiger charge is -2.25. The molecule has 1 aliphatic heterocycles. The molecule has 4 nitrogen and oxygen atoms in total. The molecule has 1 heterocycles. The Morgan fingerprint density at radius 1 is 1.44 bits per heavy atom. The Kier molecular flexibility index (Phi) is 4.74. The number of nitrogens with one attached hydrogen (secondary N) is 2. The molecule has 0 aromatic carbocycles. The van der Waals surface area contributed by atoms with Gasteiger partial charge in [-0.05, 0) is 32.5 Å². The molecule has 0 aromatic rings. The number of rotatable bonds is 5. The van der Waals surface area contributed by atoms with Gasteiger partial charge in [-0.3, -0.25) is 4.79 Å². The number of carbonyl (C=O) groups excluding carboxylic acids is 1. The molecular weight excluding hydrogens is 202 g/mol. The van der Waals surface area contributed by atoms with E-state index in [0.29, 0.717) is 0 Å². The van der Waals surface area contributed by atoms with Crippen LogP contribution in [-0.4, -0.2) is 51.1 Å². The number of nitrogens with zero attached hydrogens (tertiary/aromatic N) is 1. The maximum Gasteiger partial charge on any atom is 0.224 e. The van der Waals surface area contributed by atoms with Crippen molar-refractivity contribution in [2.24, 2.45) is 11.3 Å². The van der Waals surface area contributed by atoms with Gasteiger partial charge in [0, 0.05) is 19.6 Å². The van der Waals surface area contributed by atoms with Gasteiger partial charge >= 0.3 is 0 Å². The van der Waals surface area contributed by atoms with Crippen molar-refractivity contribution in [3.8, 4) is 0 Å². The maximum atomic E-state index is 11.9. The first-order valence-electron chi connectivity index (χ1n) is 6.05. The van der Waals surface area contributed by atoms with Crippen LogP contribution in [0, 0.1) is 11.3 Å². The van der Waals surface area contributed by atoms with Crippen molar-refractivity contribution in [2.45, 2.75) is 20.3 Å². The molecule has 1 amide bonds. The van der Waals surface area contributed by atoms with Crippen molar-refractivity contribution in [3.05, 3.63) is 0 Å². The number of likely N-dealkylation sites (tertiary alicyclic amines) is 1. The van der Waals surface area contributed by atoms with Crippen LogP contribution in [0.4, 0.5) is 0 Å². The van der Waals surface area contributed by atoms with Gasteiger partial charge in [-0.1, -0.05) is 13.8 Å². The predicted molar refractivity (Wildman–Crippen MR) is 66.3 cm³/mol. The first kappa shape index (κ1) is 13.5. The van der Waals surface area contributed by atoms with Crippen molar-refractivity contribution in [2.75, 3.05) is 40.3 Å². The van der Waals surface area contributed by atoms with E-state index in [-0.39, 0.29) is 17.2 Å². The lowest BCUT2D eigenvalue weighted by atomic mass is 9.93. The summed E-state index contributed by atoms with van der Waals surface area (Å²) in [5.41, 5.74) is 0.120. The molecule has 0 saturated carbocycles. The van der Waals surface area contributed by atoms with Gasteiger partial charge in [0.05, 0.1) is 5.92 Å². The Hall–Kier alpha value is -0.610. The zero-order valence-electron chi connectivity index (χ0n) is 11.0. The Morgan fingerprint density at radius 2 is 2.12 bits per heavy atom. The summed E-state index contributed by atoms with van der Waals surface area (Å²) in [5.74, 6) is 0.406. The molecule has 1 rings (SSSR count). The van der Waals surface area contributed by atoms with Crippen LogP contribution >= 0.6 is 0 Å². The highest BCUT2D eigenvalue weighted by atomic mass is 16.1. The third-order valence-electron chi connectivity index (χ3n) is 3.16. The fourth-order valence-corrected chi connectivity index (χ4v) is 2.16. The molecule has 94 valence electrons. The van der Waals surface area contributed by atoms with E-state index >= 15 is 0 Å². The van der Waals surface area contributed by atoms with Crippen molar-refractivity contribution in [1.82, 2.24) is 15.5 Å². The topological polar surface area (TPSA) is 44.4 Å². The van der Waals surface area contributed by atoms with Crippen LogP contribution in [-0.2, 0) is 4.79 Å². The van der Waals surface area contributed by atoms with Gasteiger partial charge in [0.2, 0.25) is 5.91 Å². The van der Waals surface area contributed by atoms with E-state index in [1.165, 1.54) is 0 Å². The van der Waals surface area contributed by atoms with Gasteiger partial charge in [-0.25, -0.2) is 0 Å². The smallest absolute Gasteiger partial charge is 0.224 e. The number of hydrogen-bond acceptors (Lipinski definition) is 3. The molecule has 4 heteroatoms. The van der Waals surface area contributed by atoms with Crippen LogP contribution in [0.25, 0.3) is 0 Å². The minimum Gasteiger partial charge on any atom is -0.355 e. The Morgan fingerprint density at radius 3 is 2.62 bits per heavy atom. The molecule has 16 heavy (non-hydrogen) atoms. The van der Waals surface area contributed by atoms with Crippen LogP contribution in [0.2, 0.25) is 0 Å². The largest absolute Gasteiger partial charge is 0.355 e. The van der Waals surface area contributed by atoms with Crippen molar-refractivity contribution < 1.29 is 4.79 Å². The molecule has 0 radical (unpaired) electrons. The SMILES string of the molecule is CNCC(C)(C)CNC(=O)C1CCN(C)C1. The number of hydrogen-bond donors (Lipinski definition) is 2. The zero-order valence-corrected chi connectivity index (χ0v) is 11.0. The second-order valence-electron chi connectivity index (χ2n) is 5.66. The summed E-state index contributed by atoms with van der Waals surface area (Å²) >= 11 is 0. The standard InChI is InChI=1S/C12H25N3O/c1-12(2,8-13-3)9-14-11(16)10-5-6-15(4)7-10/h10,13H,5-9H2,1-4H3,(H,14,16). The fraction of sp³-hybridized carbons (Fsp3) is 0.917. The molecule has 1 unspecified atom stereocenters. The van der Waals surface area contributed by atoms with E-state index in [1.807, 2.05) is 7.05 Å². The first-order chi connectivity index (χ1) is 7.44. The van der Waals surface area contributed by atoms with E-state index in [1.54, 1.807) is 0 Å². The third kappa shape index (κ3) is 4.10. The van der Waals surface area contributed by atoms with Crippen LogP contribution in [0.1, 0.15) is 20.3 Å². The van der Waals surface area contributed by atoms with E-state index in [9.17, 15) is 4.79 Å². The summed E-state index contributed by atoms with van der Waals surface area (Å²) in [5, 5.41) is 6.21. The van der Waals surface area contributed by atoms with E-state index in [2.05, 4.69) is 36.4 Å². The molecular formula is C12H25N3O. The second-order valence-corrected chi connectivity index (χ2v) is 5.66. The summed E-state index contributed by atoms with van der Waals surface area (Å²) in [6, 6.07) is 0. The highest BCUT2D eigenvalue weighted by molar-refractivity contribution is 5.79. The van der Waals surface area contributed by atoms with Crippen LogP contribution in [0.5, 0.6) is 0 Å². The molecule has 0 bridgehead atoms. The van der Waals surface area contributed by atoms with Gasteiger partial charge in [0.1, 0.15) is 0 Å². The van der Waals surface area contributed by atoms with Crippen molar-refractivity contribution in [1.29, 1.82) is 0 Å². The normalized spacial score (nSPS) is 22.4. The Labute approximate surface area is 98.8 Å². The van der Waals surface area contributed by atoms with E-state index < -0.39 is 0 Å². The quantitative estimate of drug-likeness (QED) is 0.710. The summed E-state index contributed by atoms with van der Waals surface area (Å²) in [4.78, 5) is 14.1. The van der Waals surface area contributed by atoms with Gasteiger partial charge in [0.25, 0.3) is 0 Å². The Balaban J connectivity index is 2.29. The molecule has 2 N–H and O–H groups in total. The summed E-state index contributed by atoms with van der Waals surface area (Å²) in [6.07, 6.45) is 0.995. The molecule has 1 aliphatic rings. The first-order valence-corrected chi connectivity index (χ1v) is 6.05. The Bertz CT molecular complexity index is 240. The average molecular weight is 227 g/mol. The highest BCUT2D eigenvalue weighted by Crippen LogP contribution is 2.16. The predicted octanol–water partition coefficient (Wildman–Crippen LogP) is 0.300. The minimum atomic E-state index is 0.120. The summed E-state index contributed by atoms with van der Waals surface area (Å²) in [7, 11) is 4.01. The van der Waals surface area contributed by atoms with E-state index in [0.717, 1.165) is 32.6 Å². The fourth-order valence-electron chi connectivity index (χ4n) is 2.16. The maximum absolute atomic E-state index is 11.9. The number of carbonyl (C=O) groups is 1. The van der Waals surface area contributed by atoms with Gasteiger partial charge in [-0.15, -0.1) is 0 Å². The third-order valence-corrected chi connectivity index (χ3v) is 3.16. The van der Waals surface area contributed by atoms with Crippen LogP contribution < -0.4 is 10.6 Å². The average Bonchev–Trinajstić information content (AvgIpc) is 2.61. The summed E-state index contributed by atoms with van der Waals surface area (Å²) in [6.45, 7) is 7.91. The van der Waals surface area contributed by atoms with Crippen molar-refractivity contribution in [3.63, 3.8) is 0 Å². The van der Waals surface area contributed by atoms with E-state index in [4.69, 9.17) is 0 Å². The molecule has 0 aliphatic carbocycles. The summed E-state index contributed by atoms with van der Waals surface area (Å²) < 4.78 is 0. The molecule has 0 spiro atoms. The van der Waals surface area contributed by atoms with Gasteiger partial charge in [0.15, 0.2) is 0 Å². The number of amides is 1. The van der Waals surface area contributed by atoms with Crippen molar-refractivity contribution >= 4 is 5.91 Å².